The molecule has 0 radical (unpaired) electrons. The van der Waals surface area contributed by atoms with E-state index < -0.39 is 7.75 Å². The molecule has 0 aromatic carbocycles. The molecule has 1 atom stereocenters. The second-order valence-corrected chi connectivity index (χ2v) is 4.69. The van der Waals surface area contributed by atoms with Crippen molar-refractivity contribution in [1.82, 2.24) is 9.65 Å². The van der Waals surface area contributed by atoms with Crippen LogP contribution in [0, 0.1) is 0 Å². The van der Waals surface area contributed by atoms with Gasteiger partial charge in [0.25, 0.3) is 0 Å². The molecule has 0 aliphatic rings. The Bertz CT molecular complexity index is 351. The lowest BCUT2D eigenvalue weighted by atomic mass is 10.3. The highest BCUT2D eigenvalue weighted by Crippen LogP contribution is 2.28. The van der Waals surface area contributed by atoms with Crippen LogP contribution >= 0.6 is 7.75 Å². The van der Waals surface area contributed by atoms with Crippen LogP contribution in [0.3, 0.4) is 0 Å². The molecule has 0 aliphatic carbocycles. The molecule has 88 valence electrons. The summed E-state index contributed by atoms with van der Waals surface area (Å²) < 4.78 is 14.3. The first-order chi connectivity index (χ1) is 6.38. The molecule has 3 N–H and O–H groups in total. The number of hydrogen-bond acceptors (Lipinski definition) is 1. The van der Waals surface area contributed by atoms with E-state index in [9.17, 15) is 4.57 Å². The van der Waals surface area contributed by atoms with Gasteiger partial charge >= 0.3 is 7.75 Å². The van der Waals surface area contributed by atoms with E-state index in [1.54, 1.807) is 0 Å². The highest BCUT2D eigenvalue weighted by atomic mass is 127. The lowest BCUT2D eigenvalue weighted by Gasteiger charge is -2.10. The summed E-state index contributed by atoms with van der Waals surface area (Å²) in [7, 11) is -2.21. The molecule has 1 rings (SSSR count). The van der Waals surface area contributed by atoms with Crippen molar-refractivity contribution in [1.29, 1.82) is 0 Å². The van der Waals surface area contributed by atoms with Gasteiger partial charge in [0.15, 0.2) is 0 Å². The number of nitrogens with zero attached hydrogens (tertiary/aromatic N) is 2. The van der Waals surface area contributed by atoms with Crippen molar-refractivity contribution in [3.05, 3.63) is 18.7 Å². The number of imidazole rings is 1. The molecule has 15 heavy (non-hydrogen) atoms. The first-order valence-electron chi connectivity index (χ1n) is 4.22. The molecule has 0 aliphatic heterocycles. The van der Waals surface area contributed by atoms with Gasteiger partial charge in [0.1, 0.15) is 18.4 Å². The van der Waals surface area contributed by atoms with Crippen molar-refractivity contribution in [3.63, 3.8) is 0 Å². The van der Waals surface area contributed by atoms with E-state index >= 15 is 0 Å². The van der Waals surface area contributed by atoms with Crippen molar-refractivity contribution in [3.8, 4) is 0 Å². The zero-order valence-corrected chi connectivity index (χ0v) is 11.6. The maximum atomic E-state index is 10.5. The van der Waals surface area contributed by atoms with Crippen LogP contribution in [0.1, 0.15) is 13.0 Å². The van der Waals surface area contributed by atoms with Crippen LogP contribution in [-0.2, 0) is 11.6 Å². The molecule has 0 bridgehead atoms. The van der Waals surface area contributed by atoms with E-state index in [4.69, 9.17) is 9.79 Å². The summed E-state index contributed by atoms with van der Waals surface area (Å²) in [6.45, 7) is 2.11. The van der Waals surface area contributed by atoms with Gasteiger partial charge in [-0.25, -0.2) is 18.8 Å². The van der Waals surface area contributed by atoms with E-state index in [1.807, 2.05) is 41.8 Å². The predicted molar refractivity (Wildman–Crippen MR) is 50.4 cm³/mol. The number of aromatic nitrogens is 2. The quantitative estimate of drug-likeness (QED) is 0.301. The van der Waals surface area contributed by atoms with Crippen LogP contribution in [0.2, 0.25) is 0 Å². The second-order valence-electron chi connectivity index (χ2n) is 3.28. The number of aryl methyl sites for hydroxylation is 1. The van der Waals surface area contributed by atoms with Crippen LogP contribution < -0.4 is 33.6 Å². The van der Waals surface area contributed by atoms with Crippen molar-refractivity contribution >= 4 is 7.75 Å². The highest BCUT2D eigenvalue weighted by Gasteiger charge is 2.16. The van der Waals surface area contributed by atoms with Crippen LogP contribution in [0.15, 0.2) is 18.7 Å². The summed E-state index contributed by atoms with van der Waals surface area (Å²) in [6, 6.07) is 0.00354. The zero-order valence-electron chi connectivity index (χ0n) is 8.54. The fourth-order valence-electron chi connectivity index (χ4n) is 1.09. The average Bonchev–Trinajstić information content (AvgIpc) is 2.46. The molecule has 8 heteroatoms. The van der Waals surface area contributed by atoms with Crippen molar-refractivity contribution in [2.24, 2.45) is 7.05 Å². The highest BCUT2D eigenvalue weighted by molar-refractivity contribution is 7.49. The van der Waals surface area contributed by atoms with Gasteiger partial charge in [-0.3, -0.25) is 0 Å². The molecule has 0 spiro atoms. The third-order valence-corrected chi connectivity index (χ3v) is 2.49. The van der Waals surface area contributed by atoms with Crippen LogP contribution in [-0.4, -0.2) is 20.9 Å². The summed E-state index contributed by atoms with van der Waals surface area (Å²) in [6.07, 6.45) is 5.58. The molecular weight excluding hydrogens is 332 g/mol. The molecule has 1 unspecified atom stereocenters. The van der Waals surface area contributed by atoms with Crippen molar-refractivity contribution in [2.45, 2.75) is 13.0 Å². The second kappa shape index (κ2) is 5.95. The minimum atomic E-state index is -4.10. The minimum absolute atomic E-state index is 0. The van der Waals surface area contributed by atoms with Gasteiger partial charge in [0.05, 0.1) is 7.05 Å². The molecule has 0 fully saturated rings. The molecule has 0 saturated carbocycles. The first-order valence-corrected chi connectivity index (χ1v) is 5.83. The number of nitrogens with one attached hydrogen (secondary N) is 1. The summed E-state index contributed by atoms with van der Waals surface area (Å²) in [4.78, 5) is 17.2. The molecule has 0 amide bonds. The zero-order chi connectivity index (χ0) is 10.8. The standard InChI is InChI=1S/C7H14N3O3P.HI/c1-7(5-8-14(11,12)13)10-4-3-9(2)6-10;/h3-4,6-7H,5H2,1-2H3,(H2-,8,11,12,13);1H. The Balaban J connectivity index is 0.00000196. The Morgan fingerprint density at radius 2 is 2.20 bits per heavy atom. The van der Waals surface area contributed by atoms with E-state index in [1.165, 1.54) is 0 Å². The summed E-state index contributed by atoms with van der Waals surface area (Å²) in [5.74, 6) is 0. The minimum Gasteiger partial charge on any atom is -1.00 e. The summed E-state index contributed by atoms with van der Waals surface area (Å²) in [5, 5.41) is 2.17. The van der Waals surface area contributed by atoms with Gasteiger partial charge < -0.3 is 33.8 Å². The van der Waals surface area contributed by atoms with E-state index in [0.29, 0.717) is 0 Å². The maximum absolute atomic E-state index is 10.5. The number of rotatable bonds is 4. The molecule has 1 aromatic rings. The van der Waals surface area contributed by atoms with Gasteiger partial charge in [0.2, 0.25) is 6.33 Å². The normalized spacial score (nSPS) is 13.3. The molecule has 0 saturated heterocycles. The van der Waals surface area contributed by atoms with Crippen molar-refractivity contribution < 1.29 is 42.9 Å². The van der Waals surface area contributed by atoms with Gasteiger partial charge in [-0.05, 0) is 6.92 Å². The number of hydrogen-bond donors (Lipinski definition) is 3. The summed E-state index contributed by atoms with van der Waals surface area (Å²) >= 11 is 0. The fourth-order valence-corrected chi connectivity index (χ4v) is 1.59. The van der Waals surface area contributed by atoms with Crippen LogP contribution in [0.5, 0.6) is 0 Å². The van der Waals surface area contributed by atoms with Gasteiger partial charge in [-0.1, -0.05) is 0 Å². The van der Waals surface area contributed by atoms with E-state index in [2.05, 4.69) is 5.09 Å². The smallest absolute Gasteiger partial charge is 0.400 e. The Kier molecular flexibility index (Phi) is 5.97. The molecule has 1 heterocycles. The third-order valence-electron chi connectivity index (χ3n) is 1.89. The lowest BCUT2D eigenvalue weighted by Crippen LogP contribution is -3.00. The van der Waals surface area contributed by atoms with Crippen LogP contribution in [0.4, 0.5) is 0 Å². The van der Waals surface area contributed by atoms with E-state index in [0.717, 1.165) is 0 Å². The number of halogens is 1. The first kappa shape index (κ1) is 15.0. The monoisotopic (exact) mass is 347 g/mol. The Labute approximate surface area is 106 Å². The lowest BCUT2D eigenvalue weighted by molar-refractivity contribution is -0.671. The third kappa shape index (κ3) is 5.62. The summed E-state index contributed by atoms with van der Waals surface area (Å²) in [5.41, 5.74) is 0. The largest absolute Gasteiger partial charge is 1.00 e. The predicted octanol–water partition coefficient (Wildman–Crippen LogP) is -3.44. The molecule has 6 nitrogen and oxygen atoms in total. The van der Waals surface area contributed by atoms with Gasteiger partial charge in [0, 0.05) is 6.54 Å². The molecular formula is C7H15IN3O3P. The topological polar surface area (TPSA) is 78.4 Å². The van der Waals surface area contributed by atoms with Crippen LogP contribution in [0.25, 0.3) is 0 Å². The Morgan fingerprint density at radius 1 is 1.60 bits per heavy atom. The van der Waals surface area contributed by atoms with Crippen molar-refractivity contribution in [2.75, 3.05) is 6.54 Å². The SMILES string of the molecule is CC(CNP(=O)(O)O)n1cc[n+](C)c1.[I-]. The average molecular weight is 347 g/mol. The Hall–Kier alpha value is 0.0500. The van der Waals surface area contributed by atoms with Gasteiger partial charge in [-0.15, -0.1) is 0 Å². The molecule has 1 aromatic heterocycles. The van der Waals surface area contributed by atoms with E-state index in [-0.39, 0.29) is 36.6 Å². The van der Waals surface area contributed by atoms with Gasteiger partial charge in [-0.2, -0.15) is 0 Å². The maximum Gasteiger partial charge on any atom is 0.400 e. The Morgan fingerprint density at radius 3 is 2.60 bits per heavy atom. The fraction of sp³-hybridized carbons (Fsp3) is 0.571.